The Labute approximate surface area is 105 Å². The number of amides is 1. The third-order valence-electron chi connectivity index (χ3n) is 2.39. The molecule has 0 saturated carbocycles. The number of anilines is 1. The van der Waals surface area contributed by atoms with Crippen LogP contribution < -0.4 is 10.1 Å². The van der Waals surface area contributed by atoms with Gasteiger partial charge in [0.05, 0.1) is 18.4 Å². The van der Waals surface area contributed by atoms with E-state index in [-0.39, 0.29) is 5.91 Å². The maximum Gasteiger partial charge on any atom is 0.258 e. The Balaban J connectivity index is 2.03. The van der Waals surface area contributed by atoms with Gasteiger partial charge in [0.2, 0.25) is 0 Å². The quantitative estimate of drug-likeness (QED) is 0.897. The Hall–Kier alpha value is -2.30. The van der Waals surface area contributed by atoms with E-state index in [0.29, 0.717) is 12.2 Å². The number of hydrogen-bond donors (Lipinski definition) is 1. The predicted molar refractivity (Wildman–Crippen MR) is 68.8 cm³/mol. The van der Waals surface area contributed by atoms with E-state index in [1.807, 2.05) is 19.1 Å². The van der Waals surface area contributed by atoms with Crippen molar-refractivity contribution < 1.29 is 9.53 Å². The van der Waals surface area contributed by atoms with Gasteiger partial charge in [0, 0.05) is 18.9 Å². The number of ether oxygens (including phenoxy) is 1. The topological polar surface area (TPSA) is 56.1 Å². The zero-order chi connectivity index (χ0) is 13.0. The fourth-order valence-electron chi connectivity index (χ4n) is 1.54. The molecule has 0 atom stereocenters. The van der Waals surface area contributed by atoms with Gasteiger partial charge < -0.3 is 10.1 Å². The monoisotopic (exact) mass is 245 g/mol. The first-order valence-electron chi connectivity index (χ1n) is 5.72. The highest BCUT2D eigenvalue weighted by molar-refractivity contribution is 6.03. The minimum absolute atomic E-state index is 0.174. The molecule has 0 unspecified atom stereocenters. The molecule has 94 valence electrons. The van der Waals surface area contributed by atoms with Gasteiger partial charge in [0.1, 0.15) is 5.75 Å². The number of nitrogens with one attached hydrogen (secondary N) is 1. The number of hydrogen-bond acceptors (Lipinski definition) is 3. The minimum Gasteiger partial charge on any atom is -0.494 e. The SMILES string of the molecule is CCOc1ccc(NC(=O)c2cnn(C)c2)cc1. The Morgan fingerprint density at radius 3 is 2.67 bits per heavy atom. The van der Waals surface area contributed by atoms with Crippen molar-refractivity contribution in [3.05, 3.63) is 42.2 Å². The number of rotatable bonds is 4. The van der Waals surface area contributed by atoms with Crippen molar-refractivity contribution in [2.75, 3.05) is 11.9 Å². The fourth-order valence-corrected chi connectivity index (χ4v) is 1.54. The lowest BCUT2D eigenvalue weighted by molar-refractivity contribution is 0.102. The van der Waals surface area contributed by atoms with E-state index >= 15 is 0 Å². The minimum atomic E-state index is -0.174. The van der Waals surface area contributed by atoms with Crippen molar-refractivity contribution >= 4 is 11.6 Å². The van der Waals surface area contributed by atoms with Crippen LogP contribution in [0.5, 0.6) is 5.75 Å². The molecule has 0 aliphatic rings. The molecule has 1 amide bonds. The molecule has 0 saturated heterocycles. The molecule has 1 aromatic heterocycles. The van der Waals surface area contributed by atoms with Gasteiger partial charge in [-0.05, 0) is 31.2 Å². The normalized spacial score (nSPS) is 10.1. The van der Waals surface area contributed by atoms with Gasteiger partial charge in [-0.15, -0.1) is 0 Å². The van der Waals surface area contributed by atoms with Crippen molar-refractivity contribution in [3.63, 3.8) is 0 Å². The zero-order valence-corrected chi connectivity index (χ0v) is 10.4. The molecule has 0 aliphatic heterocycles. The molecule has 1 aromatic carbocycles. The van der Waals surface area contributed by atoms with E-state index < -0.39 is 0 Å². The maximum absolute atomic E-state index is 11.8. The van der Waals surface area contributed by atoms with Crippen LogP contribution in [0.4, 0.5) is 5.69 Å². The summed E-state index contributed by atoms with van der Waals surface area (Å²) in [5.74, 6) is 0.615. The van der Waals surface area contributed by atoms with E-state index in [1.54, 1.807) is 30.1 Å². The van der Waals surface area contributed by atoms with Crippen LogP contribution in [0.2, 0.25) is 0 Å². The molecule has 0 aliphatic carbocycles. The summed E-state index contributed by atoms with van der Waals surface area (Å²) in [6.07, 6.45) is 3.20. The smallest absolute Gasteiger partial charge is 0.258 e. The Bertz CT molecular complexity index is 531. The summed E-state index contributed by atoms with van der Waals surface area (Å²) in [6, 6.07) is 7.25. The van der Waals surface area contributed by atoms with Crippen molar-refractivity contribution in [1.29, 1.82) is 0 Å². The highest BCUT2D eigenvalue weighted by Gasteiger charge is 2.07. The van der Waals surface area contributed by atoms with Crippen molar-refractivity contribution in [2.24, 2.45) is 7.05 Å². The molecule has 2 aromatic rings. The summed E-state index contributed by atoms with van der Waals surface area (Å²) < 4.78 is 6.92. The molecule has 0 fully saturated rings. The lowest BCUT2D eigenvalue weighted by atomic mass is 10.2. The second kappa shape index (κ2) is 5.35. The lowest BCUT2D eigenvalue weighted by Gasteiger charge is -2.06. The van der Waals surface area contributed by atoms with Gasteiger partial charge in [0.25, 0.3) is 5.91 Å². The summed E-state index contributed by atoms with van der Waals surface area (Å²) in [5, 5.41) is 6.75. The average molecular weight is 245 g/mol. The number of carbonyl (C=O) groups excluding carboxylic acids is 1. The van der Waals surface area contributed by atoms with Gasteiger partial charge in [-0.1, -0.05) is 0 Å². The molecule has 5 nitrogen and oxygen atoms in total. The molecule has 1 heterocycles. The third-order valence-corrected chi connectivity index (χ3v) is 2.39. The summed E-state index contributed by atoms with van der Waals surface area (Å²) in [7, 11) is 1.77. The number of aryl methyl sites for hydroxylation is 1. The Kier molecular flexibility index (Phi) is 3.62. The first-order chi connectivity index (χ1) is 8.69. The highest BCUT2D eigenvalue weighted by Crippen LogP contribution is 2.16. The summed E-state index contributed by atoms with van der Waals surface area (Å²) >= 11 is 0. The van der Waals surface area contributed by atoms with E-state index in [0.717, 1.165) is 11.4 Å². The van der Waals surface area contributed by atoms with Crippen LogP contribution in [-0.2, 0) is 7.05 Å². The molecule has 5 heteroatoms. The van der Waals surface area contributed by atoms with Crippen molar-refractivity contribution in [1.82, 2.24) is 9.78 Å². The number of carbonyl (C=O) groups is 1. The van der Waals surface area contributed by atoms with Crippen LogP contribution in [0.1, 0.15) is 17.3 Å². The van der Waals surface area contributed by atoms with Crippen LogP contribution in [-0.4, -0.2) is 22.3 Å². The van der Waals surface area contributed by atoms with E-state index in [1.165, 1.54) is 6.20 Å². The van der Waals surface area contributed by atoms with Gasteiger partial charge in [-0.3, -0.25) is 9.48 Å². The Morgan fingerprint density at radius 2 is 2.11 bits per heavy atom. The maximum atomic E-state index is 11.8. The van der Waals surface area contributed by atoms with Gasteiger partial charge in [0.15, 0.2) is 0 Å². The summed E-state index contributed by atoms with van der Waals surface area (Å²) in [5.41, 5.74) is 1.26. The van der Waals surface area contributed by atoms with Gasteiger partial charge in [-0.25, -0.2) is 0 Å². The Morgan fingerprint density at radius 1 is 1.39 bits per heavy atom. The van der Waals surface area contributed by atoms with E-state index in [2.05, 4.69) is 10.4 Å². The molecule has 18 heavy (non-hydrogen) atoms. The predicted octanol–water partition coefficient (Wildman–Crippen LogP) is 2.07. The second-order valence-electron chi connectivity index (χ2n) is 3.81. The first kappa shape index (κ1) is 12.2. The molecular formula is C13H15N3O2. The zero-order valence-electron chi connectivity index (χ0n) is 10.4. The molecule has 1 N–H and O–H groups in total. The number of nitrogens with zero attached hydrogens (tertiary/aromatic N) is 2. The van der Waals surface area contributed by atoms with Crippen LogP contribution >= 0.6 is 0 Å². The van der Waals surface area contributed by atoms with Gasteiger partial charge >= 0.3 is 0 Å². The van der Waals surface area contributed by atoms with Crippen molar-refractivity contribution in [2.45, 2.75) is 6.92 Å². The van der Waals surface area contributed by atoms with Crippen molar-refractivity contribution in [3.8, 4) is 5.75 Å². The van der Waals surface area contributed by atoms with Crippen LogP contribution in [0.15, 0.2) is 36.7 Å². The van der Waals surface area contributed by atoms with Crippen LogP contribution in [0, 0.1) is 0 Å². The standard InChI is InChI=1S/C13H15N3O2/c1-3-18-12-6-4-11(5-7-12)15-13(17)10-8-14-16(2)9-10/h4-9H,3H2,1-2H3,(H,15,17). The van der Waals surface area contributed by atoms with E-state index in [4.69, 9.17) is 4.74 Å². The highest BCUT2D eigenvalue weighted by atomic mass is 16.5. The van der Waals surface area contributed by atoms with Crippen LogP contribution in [0.25, 0.3) is 0 Å². The molecule has 0 spiro atoms. The van der Waals surface area contributed by atoms with Gasteiger partial charge in [-0.2, -0.15) is 5.10 Å². The number of aromatic nitrogens is 2. The first-order valence-corrected chi connectivity index (χ1v) is 5.72. The molecule has 2 rings (SSSR count). The number of benzene rings is 1. The molecule has 0 bridgehead atoms. The third kappa shape index (κ3) is 2.88. The largest absolute Gasteiger partial charge is 0.494 e. The second-order valence-corrected chi connectivity index (χ2v) is 3.81. The lowest BCUT2D eigenvalue weighted by Crippen LogP contribution is -2.10. The summed E-state index contributed by atoms with van der Waals surface area (Å²) in [6.45, 7) is 2.56. The molecular weight excluding hydrogens is 230 g/mol. The molecule has 0 radical (unpaired) electrons. The average Bonchev–Trinajstić information content (AvgIpc) is 2.79. The van der Waals surface area contributed by atoms with Crippen LogP contribution in [0.3, 0.4) is 0 Å². The fraction of sp³-hybridized carbons (Fsp3) is 0.231. The van der Waals surface area contributed by atoms with E-state index in [9.17, 15) is 4.79 Å². The summed E-state index contributed by atoms with van der Waals surface area (Å²) in [4.78, 5) is 11.8.